The molecule has 1 fully saturated rings. The largest absolute Gasteiger partial charge is 0.313 e. The highest BCUT2D eigenvalue weighted by Gasteiger charge is 2.15. The number of hydrogen-bond acceptors (Lipinski definition) is 2. The number of piperidine rings is 1. The third kappa shape index (κ3) is 5.53. The standard InChI is InChI=1S/C13H28N2/c1-3-5-11-15(10-4-2)12-13-8-6-7-9-14-13/h13-14H,3-12H2,1-2H3. The SMILES string of the molecule is CCCCN(CCC)CC1CCCCN1. The van der Waals surface area contributed by atoms with E-state index in [2.05, 4.69) is 24.1 Å². The van der Waals surface area contributed by atoms with E-state index in [0.717, 1.165) is 6.04 Å². The first-order valence-corrected chi connectivity index (χ1v) is 6.82. The van der Waals surface area contributed by atoms with Crippen molar-refractivity contribution >= 4 is 0 Å². The summed E-state index contributed by atoms with van der Waals surface area (Å²) in [6.07, 6.45) is 8.14. The lowest BCUT2D eigenvalue weighted by Gasteiger charge is -2.30. The third-order valence-electron chi connectivity index (χ3n) is 3.26. The van der Waals surface area contributed by atoms with Crippen LogP contribution in [-0.2, 0) is 0 Å². The van der Waals surface area contributed by atoms with Crippen molar-refractivity contribution in [3.63, 3.8) is 0 Å². The van der Waals surface area contributed by atoms with E-state index in [1.165, 1.54) is 64.7 Å². The Labute approximate surface area is 95.4 Å². The zero-order valence-electron chi connectivity index (χ0n) is 10.6. The smallest absolute Gasteiger partial charge is 0.0195 e. The Balaban J connectivity index is 2.21. The van der Waals surface area contributed by atoms with Crippen LogP contribution in [0.15, 0.2) is 0 Å². The van der Waals surface area contributed by atoms with Gasteiger partial charge in [0.1, 0.15) is 0 Å². The van der Waals surface area contributed by atoms with Gasteiger partial charge in [0.15, 0.2) is 0 Å². The van der Waals surface area contributed by atoms with Gasteiger partial charge in [-0.2, -0.15) is 0 Å². The first-order chi connectivity index (χ1) is 7.36. The molecule has 0 aromatic rings. The van der Waals surface area contributed by atoms with Crippen molar-refractivity contribution < 1.29 is 0 Å². The summed E-state index contributed by atoms with van der Waals surface area (Å²) < 4.78 is 0. The van der Waals surface area contributed by atoms with E-state index >= 15 is 0 Å². The molecule has 2 heteroatoms. The van der Waals surface area contributed by atoms with Crippen molar-refractivity contribution in [3.05, 3.63) is 0 Å². The maximum absolute atomic E-state index is 3.64. The van der Waals surface area contributed by atoms with E-state index in [1.807, 2.05) is 0 Å². The molecule has 0 radical (unpaired) electrons. The van der Waals surface area contributed by atoms with Crippen LogP contribution in [0.25, 0.3) is 0 Å². The van der Waals surface area contributed by atoms with E-state index in [-0.39, 0.29) is 0 Å². The highest BCUT2D eigenvalue weighted by molar-refractivity contribution is 4.76. The second-order valence-electron chi connectivity index (χ2n) is 4.80. The number of rotatable bonds is 7. The highest BCUT2D eigenvalue weighted by Crippen LogP contribution is 2.09. The van der Waals surface area contributed by atoms with Gasteiger partial charge in [0, 0.05) is 12.6 Å². The van der Waals surface area contributed by atoms with Crippen LogP contribution in [0.5, 0.6) is 0 Å². The minimum absolute atomic E-state index is 0.766. The number of unbranched alkanes of at least 4 members (excludes halogenated alkanes) is 1. The lowest BCUT2D eigenvalue weighted by molar-refractivity contribution is 0.221. The Morgan fingerprint density at radius 2 is 2.00 bits per heavy atom. The van der Waals surface area contributed by atoms with Crippen LogP contribution in [0.3, 0.4) is 0 Å². The topological polar surface area (TPSA) is 15.3 Å². The Hall–Kier alpha value is -0.0800. The maximum atomic E-state index is 3.64. The molecule has 1 saturated heterocycles. The Bertz CT molecular complexity index is 141. The molecule has 2 nitrogen and oxygen atoms in total. The molecule has 1 atom stereocenters. The molecule has 0 aromatic carbocycles. The van der Waals surface area contributed by atoms with E-state index in [4.69, 9.17) is 0 Å². The zero-order chi connectivity index (χ0) is 10.9. The van der Waals surface area contributed by atoms with Crippen molar-refractivity contribution in [2.24, 2.45) is 0 Å². The maximum Gasteiger partial charge on any atom is 0.0195 e. The molecule has 0 spiro atoms. The van der Waals surface area contributed by atoms with Crippen LogP contribution >= 0.6 is 0 Å². The van der Waals surface area contributed by atoms with Crippen molar-refractivity contribution in [2.45, 2.75) is 58.4 Å². The molecule has 1 heterocycles. The van der Waals surface area contributed by atoms with Gasteiger partial charge in [0.25, 0.3) is 0 Å². The molecule has 1 aliphatic rings. The molecular weight excluding hydrogens is 184 g/mol. The molecule has 0 saturated carbocycles. The quantitative estimate of drug-likeness (QED) is 0.698. The van der Waals surface area contributed by atoms with E-state index < -0.39 is 0 Å². The van der Waals surface area contributed by atoms with Crippen LogP contribution in [0, 0.1) is 0 Å². The van der Waals surface area contributed by atoms with Crippen molar-refractivity contribution in [2.75, 3.05) is 26.2 Å². The Morgan fingerprint density at radius 1 is 1.13 bits per heavy atom. The zero-order valence-corrected chi connectivity index (χ0v) is 10.6. The van der Waals surface area contributed by atoms with Gasteiger partial charge in [-0.25, -0.2) is 0 Å². The van der Waals surface area contributed by atoms with Crippen molar-refractivity contribution in [1.82, 2.24) is 10.2 Å². The number of nitrogens with zero attached hydrogens (tertiary/aromatic N) is 1. The molecule has 0 aromatic heterocycles. The van der Waals surface area contributed by atoms with E-state index in [0.29, 0.717) is 0 Å². The van der Waals surface area contributed by atoms with Crippen LogP contribution < -0.4 is 5.32 Å². The Morgan fingerprint density at radius 3 is 2.60 bits per heavy atom. The van der Waals surface area contributed by atoms with Gasteiger partial charge in [-0.1, -0.05) is 26.7 Å². The Kier molecular flexibility index (Phi) is 7.03. The summed E-state index contributed by atoms with van der Waals surface area (Å²) in [5.41, 5.74) is 0. The van der Waals surface area contributed by atoms with Crippen LogP contribution in [0.1, 0.15) is 52.4 Å². The molecule has 0 aliphatic carbocycles. The predicted octanol–water partition coefficient (Wildman–Crippen LogP) is 2.64. The van der Waals surface area contributed by atoms with Gasteiger partial charge in [-0.05, 0) is 45.3 Å². The average Bonchev–Trinajstić information content (AvgIpc) is 2.28. The minimum atomic E-state index is 0.766. The fourth-order valence-corrected chi connectivity index (χ4v) is 2.38. The number of nitrogens with one attached hydrogen (secondary N) is 1. The first-order valence-electron chi connectivity index (χ1n) is 6.82. The molecule has 1 rings (SSSR count). The summed E-state index contributed by atoms with van der Waals surface area (Å²) in [5, 5.41) is 3.64. The van der Waals surface area contributed by atoms with Gasteiger partial charge in [0.2, 0.25) is 0 Å². The van der Waals surface area contributed by atoms with Gasteiger partial charge >= 0.3 is 0 Å². The van der Waals surface area contributed by atoms with Gasteiger partial charge in [-0.15, -0.1) is 0 Å². The number of hydrogen-bond donors (Lipinski definition) is 1. The monoisotopic (exact) mass is 212 g/mol. The van der Waals surface area contributed by atoms with Crippen LogP contribution in [0.2, 0.25) is 0 Å². The van der Waals surface area contributed by atoms with E-state index in [1.54, 1.807) is 0 Å². The lowest BCUT2D eigenvalue weighted by atomic mass is 10.0. The second kappa shape index (κ2) is 8.12. The molecule has 0 amide bonds. The molecule has 15 heavy (non-hydrogen) atoms. The predicted molar refractivity (Wildman–Crippen MR) is 67.3 cm³/mol. The van der Waals surface area contributed by atoms with Crippen molar-refractivity contribution in [1.29, 1.82) is 0 Å². The minimum Gasteiger partial charge on any atom is -0.313 e. The molecule has 1 aliphatic heterocycles. The van der Waals surface area contributed by atoms with Crippen LogP contribution in [0.4, 0.5) is 0 Å². The molecule has 0 bridgehead atoms. The molecular formula is C13H28N2. The first kappa shape index (κ1) is 13.0. The fourth-order valence-electron chi connectivity index (χ4n) is 2.38. The molecule has 90 valence electrons. The molecule has 1 unspecified atom stereocenters. The average molecular weight is 212 g/mol. The second-order valence-corrected chi connectivity index (χ2v) is 4.80. The van der Waals surface area contributed by atoms with Crippen LogP contribution in [-0.4, -0.2) is 37.1 Å². The third-order valence-corrected chi connectivity index (χ3v) is 3.26. The summed E-state index contributed by atoms with van der Waals surface area (Å²) in [5.74, 6) is 0. The fraction of sp³-hybridized carbons (Fsp3) is 1.00. The summed E-state index contributed by atoms with van der Waals surface area (Å²) in [7, 11) is 0. The molecule has 1 N–H and O–H groups in total. The lowest BCUT2D eigenvalue weighted by Crippen LogP contribution is -2.44. The van der Waals surface area contributed by atoms with E-state index in [9.17, 15) is 0 Å². The summed E-state index contributed by atoms with van der Waals surface area (Å²) in [6.45, 7) is 9.64. The van der Waals surface area contributed by atoms with Gasteiger partial charge < -0.3 is 10.2 Å². The van der Waals surface area contributed by atoms with Crippen molar-refractivity contribution in [3.8, 4) is 0 Å². The highest BCUT2D eigenvalue weighted by atomic mass is 15.1. The summed E-state index contributed by atoms with van der Waals surface area (Å²) >= 11 is 0. The summed E-state index contributed by atoms with van der Waals surface area (Å²) in [6, 6.07) is 0.766. The van der Waals surface area contributed by atoms with Gasteiger partial charge in [-0.3, -0.25) is 0 Å². The summed E-state index contributed by atoms with van der Waals surface area (Å²) in [4.78, 5) is 2.65. The van der Waals surface area contributed by atoms with Gasteiger partial charge in [0.05, 0.1) is 0 Å². The normalized spacial score (nSPS) is 22.2.